The predicted octanol–water partition coefficient (Wildman–Crippen LogP) is 1.65. The molecule has 0 unspecified atom stereocenters. The van der Waals surface area contributed by atoms with Gasteiger partial charge in [-0.2, -0.15) is 14.5 Å². The van der Waals surface area contributed by atoms with E-state index in [0.717, 1.165) is 11.3 Å². The second kappa shape index (κ2) is 6.35. The Morgan fingerprint density at radius 1 is 1.14 bits per heavy atom. The van der Waals surface area contributed by atoms with Crippen molar-refractivity contribution in [2.24, 2.45) is 0 Å². The highest BCUT2D eigenvalue weighted by atomic mass is 32.2. The van der Waals surface area contributed by atoms with Gasteiger partial charge in [0.15, 0.2) is 5.65 Å². The summed E-state index contributed by atoms with van der Waals surface area (Å²) in [4.78, 5) is 4.41. The van der Waals surface area contributed by atoms with Crippen LogP contribution in [0.1, 0.15) is 30.0 Å². The summed E-state index contributed by atoms with van der Waals surface area (Å²) in [6, 6.07) is 7.38. The van der Waals surface area contributed by atoms with Gasteiger partial charge in [-0.05, 0) is 43.5 Å². The molecule has 1 aliphatic rings. The molecule has 0 amide bonds. The summed E-state index contributed by atoms with van der Waals surface area (Å²) in [5.41, 5.74) is 3.34. The van der Waals surface area contributed by atoms with Crippen molar-refractivity contribution in [2.45, 2.75) is 30.6 Å². The van der Waals surface area contributed by atoms with E-state index < -0.39 is 10.0 Å². The van der Waals surface area contributed by atoms with Gasteiger partial charge in [0.2, 0.25) is 10.0 Å². The molecule has 1 saturated heterocycles. The highest BCUT2D eigenvalue weighted by Crippen LogP contribution is 2.32. The zero-order chi connectivity index (χ0) is 19.3. The monoisotopic (exact) mass is 397 g/mol. The van der Waals surface area contributed by atoms with Crippen molar-refractivity contribution in [3.8, 4) is 0 Å². The van der Waals surface area contributed by atoms with Crippen molar-refractivity contribution in [1.29, 1.82) is 0 Å². The van der Waals surface area contributed by atoms with E-state index in [4.69, 9.17) is 0 Å². The fraction of sp³-hybridized carbons (Fsp3) is 0.333. The molecule has 0 atom stereocenters. The van der Waals surface area contributed by atoms with Crippen molar-refractivity contribution < 1.29 is 8.42 Å². The molecule has 0 spiro atoms. The molecule has 0 bridgehead atoms. The Balaban J connectivity index is 1.39. The molecule has 0 saturated carbocycles. The first-order valence-electron chi connectivity index (χ1n) is 9.14. The van der Waals surface area contributed by atoms with Gasteiger partial charge >= 0.3 is 0 Å². The van der Waals surface area contributed by atoms with Crippen LogP contribution in [0, 0.1) is 6.92 Å². The molecule has 0 aromatic carbocycles. The molecule has 1 aliphatic heterocycles. The van der Waals surface area contributed by atoms with Gasteiger partial charge in [-0.1, -0.05) is 6.07 Å². The van der Waals surface area contributed by atoms with E-state index in [-0.39, 0.29) is 10.8 Å². The quantitative estimate of drug-likeness (QED) is 0.521. The van der Waals surface area contributed by atoms with E-state index in [2.05, 4.69) is 20.3 Å². The lowest BCUT2D eigenvalue weighted by Crippen LogP contribution is -2.38. The lowest BCUT2D eigenvalue weighted by Gasteiger charge is -2.31. The molecule has 4 aromatic rings. The van der Waals surface area contributed by atoms with Crippen molar-refractivity contribution >= 4 is 21.2 Å². The Morgan fingerprint density at radius 3 is 2.79 bits per heavy atom. The normalized spacial score (nSPS) is 16.9. The van der Waals surface area contributed by atoms with Gasteiger partial charge in [0.1, 0.15) is 11.2 Å². The lowest BCUT2D eigenvalue weighted by atomic mass is 9.92. The van der Waals surface area contributed by atoms with Crippen molar-refractivity contribution in [3.05, 3.63) is 54.2 Å². The third-order valence-corrected chi connectivity index (χ3v) is 7.27. The molecule has 1 fully saturated rings. The highest BCUT2D eigenvalue weighted by Gasteiger charge is 2.33. The molecular formula is C18H19N7O2S. The average molecular weight is 397 g/mol. The van der Waals surface area contributed by atoms with Crippen LogP contribution in [0.5, 0.6) is 0 Å². The molecule has 10 heteroatoms. The molecular weight excluding hydrogens is 378 g/mol. The topological polar surface area (TPSA) is 97.8 Å². The van der Waals surface area contributed by atoms with Crippen LogP contribution < -0.4 is 0 Å². The Labute approximate surface area is 161 Å². The predicted molar refractivity (Wildman–Crippen MR) is 101 cm³/mol. The number of sulfonamides is 1. The molecule has 28 heavy (non-hydrogen) atoms. The van der Waals surface area contributed by atoms with Crippen LogP contribution >= 0.6 is 0 Å². The standard InChI is InChI=1S/C18H19N7O2S/c1-13-10-17-19-12-21-25(17)22-18(13)14-5-8-23(9-6-14)28(26,27)16-11-20-24-7-3-2-4-15(16)24/h2-4,7,10-12,14H,5-6,8-9H2,1H3. The van der Waals surface area contributed by atoms with E-state index in [9.17, 15) is 8.42 Å². The first kappa shape index (κ1) is 17.3. The summed E-state index contributed by atoms with van der Waals surface area (Å²) in [5, 5.41) is 12.9. The molecule has 144 valence electrons. The minimum Gasteiger partial charge on any atom is -0.240 e. The summed E-state index contributed by atoms with van der Waals surface area (Å²) < 4.78 is 31.0. The number of hydrogen-bond donors (Lipinski definition) is 0. The van der Waals surface area contributed by atoms with Gasteiger partial charge in [-0.15, -0.1) is 9.73 Å². The lowest BCUT2D eigenvalue weighted by molar-refractivity contribution is 0.315. The average Bonchev–Trinajstić information content (AvgIpc) is 3.34. The van der Waals surface area contributed by atoms with Crippen LogP contribution in [0.15, 0.2) is 47.9 Å². The zero-order valence-corrected chi connectivity index (χ0v) is 16.1. The minimum absolute atomic E-state index is 0.198. The van der Waals surface area contributed by atoms with Gasteiger partial charge in [0, 0.05) is 25.2 Å². The summed E-state index contributed by atoms with van der Waals surface area (Å²) in [6.45, 7) is 2.92. The summed E-state index contributed by atoms with van der Waals surface area (Å²) in [6.07, 6.45) is 6.09. The summed E-state index contributed by atoms with van der Waals surface area (Å²) in [7, 11) is -3.58. The largest absolute Gasteiger partial charge is 0.246 e. The van der Waals surface area contributed by atoms with Crippen LogP contribution in [-0.4, -0.2) is 55.2 Å². The fourth-order valence-corrected chi connectivity index (χ4v) is 5.46. The first-order valence-corrected chi connectivity index (χ1v) is 10.6. The summed E-state index contributed by atoms with van der Waals surface area (Å²) in [5.74, 6) is 0.198. The Hall–Kier alpha value is -2.85. The SMILES string of the molecule is Cc1cc2ncnn2nc1C1CCN(S(=O)(=O)c2cnn3ccccc23)CC1. The third kappa shape index (κ3) is 2.68. The smallest absolute Gasteiger partial charge is 0.240 e. The molecule has 0 N–H and O–H groups in total. The maximum absolute atomic E-state index is 13.1. The fourth-order valence-electron chi connectivity index (χ4n) is 3.89. The second-order valence-electron chi connectivity index (χ2n) is 7.04. The van der Waals surface area contributed by atoms with E-state index >= 15 is 0 Å². The van der Waals surface area contributed by atoms with Crippen molar-refractivity contribution in [3.63, 3.8) is 0 Å². The third-order valence-electron chi connectivity index (χ3n) is 5.36. The van der Waals surface area contributed by atoms with Crippen LogP contribution in [0.3, 0.4) is 0 Å². The van der Waals surface area contributed by atoms with Gasteiger partial charge in [0.25, 0.3) is 0 Å². The van der Waals surface area contributed by atoms with Crippen LogP contribution in [0.25, 0.3) is 11.2 Å². The van der Waals surface area contributed by atoms with Gasteiger partial charge in [-0.25, -0.2) is 17.9 Å². The van der Waals surface area contributed by atoms with Gasteiger partial charge in [-0.3, -0.25) is 0 Å². The van der Waals surface area contributed by atoms with Gasteiger partial charge in [0.05, 0.1) is 17.4 Å². The molecule has 0 aliphatic carbocycles. The maximum atomic E-state index is 13.1. The maximum Gasteiger partial charge on any atom is 0.246 e. The van der Waals surface area contributed by atoms with E-state index in [0.29, 0.717) is 37.1 Å². The molecule has 4 aromatic heterocycles. The number of aryl methyl sites for hydroxylation is 1. The highest BCUT2D eigenvalue weighted by molar-refractivity contribution is 7.89. The van der Waals surface area contributed by atoms with Crippen molar-refractivity contribution in [1.82, 2.24) is 33.7 Å². The number of nitrogens with zero attached hydrogens (tertiary/aromatic N) is 7. The molecule has 5 rings (SSSR count). The number of rotatable bonds is 3. The van der Waals surface area contributed by atoms with Crippen LogP contribution in [-0.2, 0) is 10.0 Å². The van der Waals surface area contributed by atoms with Crippen molar-refractivity contribution in [2.75, 3.05) is 13.1 Å². The Kier molecular flexibility index (Phi) is 3.91. The minimum atomic E-state index is -3.58. The van der Waals surface area contributed by atoms with E-state index in [1.165, 1.54) is 17.2 Å². The number of pyridine rings is 1. The Morgan fingerprint density at radius 2 is 1.96 bits per heavy atom. The first-order chi connectivity index (χ1) is 13.5. The van der Waals surface area contributed by atoms with E-state index in [1.54, 1.807) is 21.1 Å². The Bertz CT molecular complexity index is 1270. The van der Waals surface area contributed by atoms with E-state index in [1.807, 2.05) is 25.1 Å². The molecule has 9 nitrogen and oxygen atoms in total. The number of aromatic nitrogens is 6. The summed E-state index contributed by atoms with van der Waals surface area (Å²) >= 11 is 0. The number of fused-ring (bicyclic) bond motifs is 2. The zero-order valence-electron chi connectivity index (χ0n) is 15.3. The number of piperidine rings is 1. The van der Waals surface area contributed by atoms with Crippen LogP contribution in [0.2, 0.25) is 0 Å². The molecule has 5 heterocycles. The molecule has 0 radical (unpaired) electrons. The van der Waals surface area contributed by atoms with Crippen LogP contribution in [0.4, 0.5) is 0 Å². The number of hydrogen-bond acceptors (Lipinski definition) is 6. The van der Waals surface area contributed by atoms with Gasteiger partial charge < -0.3 is 0 Å². The second-order valence-corrected chi connectivity index (χ2v) is 8.94.